The summed E-state index contributed by atoms with van der Waals surface area (Å²) in [5.41, 5.74) is -0.474. The van der Waals surface area contributed by atoms with Gasteiger partial charge in [0.15, 0.2) is 0 Å². The minimum Gasteiger partial charge on any atom is -0.458 e. The van der Waals surface area contributed by atoms with Crippen molar-refractivity contribution in [1.82, 2.24) is 0 Å². The van der Waals surface area contributed by atoms with Crippen molar-refractivity contribution in [2.75, 3.05) is 0 Å². The standard InChI is InChI=1S/C22H26FNO3.CH4/c1-21(2,14-24)18-8-7-15(11-19(18)23)9-10-22(16-5-3-4-6-16)13-17(25)12-20(26)27-22;/h7-8,11,16H,3-6,9-10,12-13H2,1-2H3;1H4. The van der Waals surface area contributed by atoms with Crippen LogP contribution < -0.4 is 0 Å². The topological polar surface area (TPSA) is 67.2 Å². The lowest BCUT2D eigenvalue weighted by Crippen LogP contribution is -2.48. The summed E-state index contributed by atoms with van der Waals surface area (Å²) in [5, 5.41) is 9.22. The van der Waals surface area contributed by atoms with Crippen molar-refractivity contribution < 1.29 is 18.7 Å². The van der Waals surface area contributed by atoms with E-state index in [1.165, 1.54) is 6.07 Å². The number of nitrogens with zero attached hydrogens (tertiary/aromatic N) is 1. The summed E-state index contributed by atoms with van der Waals surface area (Å²) in [6.45, 7) is 3.38. The molecule has 1 aromatic rings. The van der Waals surface area contributed by atoms with Gasteiger partial charge < -0.3 is 4.74 Å². The largest absolute Gasteiger partial charge is 0.458 e. The van der Waals surface area contributed by atoms with Gasteiger partial charge in [0.1, 0.15) is 23.6 Å². The molecule has 2 aliphatic rings. The Morgan fingerprint density at radius 3 is 2.54 bits per heavy atom. The number of carbonyl (C=O) groups excluding carboxylic acids is 2. The predicted molar refractivity (Wildman–Crippen MR) is 105 cm³/mol. The van der Waals surface area contributed by atoms with Crippen LogP contribution in [-0.4, -0.2) is 17.4 Å². The van der Waals surface area contributed by atoms with Crippen LogP contribution in [0.15, 0.2) is 18.2 Å². The van der Waals surface area contributed by atoms with Crippen LogP contribution in [-0.2, 0) is 26.2 Å². The third-order valence-electron chi connectivity index (χ3n) is 6.08. The lowest BCUT2D eigenvalue weighted by molar-refractivity contribution is -0.178. The zero-order valence-electron chi connectivity index (χ0n) is 16.0. The average molecular weight is 387 g/mol. The van der Waals surface area contributed by atoms with Crippen LogP contribution in [0.2, 0.25) is 0 Å². The van der Waals surface area contributed by atoms with E-state index in [0.29, 0.717) is 18.4 Å². The molecule has 1 aromatic carbocycles. The van der Waals surface area contributed by atoms with Crippen molar-refractivity contribution in [3.05, 3.63) is 35.1 Å². The van der Waals surface area contributed by atoms with Gasteiger partial charge in [0.2, 0.25) is 0 Å². The fraction of sp³-hybridized carbons (Fsp3) is 0.609. The number of benzene rings is 1. The molecule has 1 aliphatic carbocycles. The molecule has 0 amide bonds. The lowest BCUT2D eigenvalue weighted by atomic mass is 9.76. The second-order valence-corrected chi connectivity index (χ2v) is 8.46. The molecule has 1 aliphatic heterocycles. The van der Waals surface area contributed by atoms with Crippen molar-refractivity contribution in [3.8, 4) is 6.07 Å². The number of nitriles is 1. The fourth-order valence-electron chi connectivity index (χ4n) is 4.52. The van der Waals surface area contributed by atoms with Gasteiger partial charge in [0, 0.05) is 12.0 Å². The molecule has 1 heterocycles. The molecule has 0 aromatic heterocycles. The van der Waals surface area contributed by atoms with Gasteiger partial charge in [-0.25, -0.2) is 4.39 Å². The van der Waals surface area contributed by atoms with Crippen LogP contribution in [0.5, 0.6) is 0 Å². The summed E-state index contributed by atoms with van der Waals surface area (Å²) in [6.07, 6.45) is 5.28. The van der Waals surface area contributed by atoms with Crippen LogP contribution in [0, 0.1) is 23.1 Å². The molecule has 3 rings (SSSR count). The second kappa shape index (κ2) is 8.43. The molecule has 0 N–H and O–H groups in total. The van der Waals surface area contributed by atoms with E-state index < -0.39 is 22.8 Å². The maximum Gasteiger partial charge on any atom is 0.313 e. The van der Waals surface area contributed by atoms with Crippen molar-refractivity contribution in [2.45, 2.75) is 83.7 Å². The van der Waals surface area contributed by atoms with Crippen LogP contribution in [0.3, 0.4) is 0 Å². The number of ketones is 1. The summed E-state index contributed by atoms with van der Waals surface area (Å²) < 4.78 is 20.3. The minimum absolute atomic E-state index is 0. The maximum absolute atomic E-state index is 14.5. The number of cyclic esters (lactones) is 1. The van der Waals surface area contributed by atoms with Crippen LogP contribution in [0.25, 0.3) is 0 Å². The van der Waals surface area contributed by atoms with Gasteiger partial charge in [-0.2, -0.15) is 5.26 Å². The second-order valence-electron chi connectivity index (χ2n) is 8.46. The Labute approximate surface area is 167 Å². The summed E-state index contributed by atoms with van der Waals surface area (Å²) >= 11 is 0. The maximum atomic E-state index is 14.5. The van der Waals surface area contributed by atoms with Gasteiger partial charge in [0.05, 0.1) is 11.5 Å². The van der Waals surface area contributed by atoms with Gasteiger partial charge in [-0.05, 0) is 57.1 Å². The SMILES string of the molecule is C.CC(C)(C#N)c1ccc(CCC2(C3CCCC3)CC(=O)CC(=O)O2)cc1F. The smallest absolute Gasteiger partial charge is 0.313 e. The molecule has 4 nitrogen and oxygen atoms in total. The van der Waals surface area contributed by atoms with Crippen LogP contribution >= 0.6 is 0 Å². The highest BCUT2D eigenvalue weighted by atomic mass is 19.1. The molecule has 2 fully saturated rings. The molecule has 5 heteroatoms. The number of Topliss-reactive ketones (excluding diaryl/α,β-unsaturated/α-hetero) is 1. The van der Waals surface area contributed by atoms with Crippen molar-refractivity contribution in [2.24, 2.45) is 5.92 Å². The summed E-state index contributed by atoms with van der Waals surface area (Å²) in [7, 11) is 0. The molecular weight excluding hydrogens is 357 g/mol. The number of esters is 1. The molecule has 1 atom stereocenters. The first-order valence-corrected chi connectivity index (χ1v) is 9.69. The molecule has 0 spiro atoms. The van der Waals surface area contributed by atoms with Gasteiger partial charge in [-0.3, -0.25) is 9.59 Å². The molecular formula is C23H30FNO3. The molecule has 152 valence electrons. The fourth-order valence-corrected chi connectivity index (χ4v) is 4.52. The first-order valence-electron chi connectivity index (χ1n) is 9.69. The van der Waals surface area contributed by atoms with Gasteiger partial charge in [-0.1, -0.05) is 32.4 Å². The molecule has 1 saturated heterocycles. The quantitative estimate of drug-likeness (QED) is 0.525. The Bertz CT molecular complexity index is 772. The molecule has 1 unspecified atom stereocenters. The Morgan fingerprint density at radius 2 is 1.96 bits per heavy atom. The zero-order chi connectivity index (χ0) is 19.7. The average Bonchev–Trinajstić information content (AvgIpc) is 3.14. The number of halogens is 1. The number of ether oxygens (including phenoxy) is 1. The number of rotatable bonds is 5. The summed E-state index contributed by atoms with van der Waals surface area (Å²) in [6, 6.07) is 7.07. The molecule has 1 saturated carbocycles. The summed E-state index contributed by atoms with van der Waals surface area (Å²) in [5.74, 6) is -0.691. The lowest BCUT2D eigenvalue weighted by Gasteiger charge is -2.41. The van der Waals surface area contributed by atoms with Crippen molar-refractivity contribution in [3.63, 3.8) is 0 Å². The highest BCUT2D eigenvalue weighted by molar-refractivity contribution is 5.98. The Kier molecular flexibility index (Phi) is 6.64. The van der Waals surface area contributed by atoms with E-state index in [9.17, 15) is 19.2 Å². The van der Waals surface area contributed by atoms with E-state index in [4.69, 9.17) is 4.74 Å². The third-order valence-corrected chi connectivity index (χ3v) is 6.08. The van der Waals surface area contributed by atoms with Crippen molar-refractivity contribution >= 4 is 11.8 Å². The van der Waals surface area contributed by atoms with E-state index in [0.717, 1.165) is 31.2 Å². The van der Waals surface area contributed by atoms with E-state index in [2.05, 4.69) is 6.07 Å². The Morgan fingerprint density at radius 1 is 1.29 bits per heavy atom. The van der Waals surface area contributed by atoms with E-state index in [1.807, 2.05) is 6.07 Å². The van der Waals surface area contributed by atoms with E-state index in [1.54, 1.807) is 19.9 Å². The van der Waals surface area contributed by atoms with Crippen LogP contribution in [0.4, 0.5) is 4.39 Å². The van der Waals surface area contributed by atoms with Crippen LogP contribution in [0.1, 0.15) is 77.3 Å². The zero-order valence-corrected chi connectivity index (χ0v) is 16.0. The Hall–Kier alpha value is -2.22. The Balaban J connectivity index is 0.00000280. The minimum atomic E-state index is -0.890. The van der Waals surface area contributed by atoms with Crippen molar-refractivity contribution in [1.29, 1.82) is 5.26 Å². The number of aryl methyl sites for hydroxylation is 1. The number of hydrogen-bond donors (Lipinski definition) is 0. The normalized spacial score (nSPS) is 23.1. The molecule has 0 bridgehead atoms. The van der Waals surface area contributed by atoms with E-state index in [-0.39, 0.29) is 32.0 Å². The number of carbonyl (C=O) groups is 2. The van der Waals surface area contributed by atoms with Gasteiger partial charge in [0.25, 0.3) is 0 Å². The summed E-state index contributed by atoms with van der Waals surface area (Å²) in [4.78, 5) is 24.1. The third kappa shape index (κ3) is 4.43. The van der Waals surface area contributed by atoms with Gasteiger partial charge >= 0.3 is 5.97 Å². The first kappa shape index (κ1) is 22.1. The van der Waals surface area contributed by atoms with Gasteiger partial charge in [-0.15, -0.1) is 0 Å². The highest BCUT2D eigenvalue weighted by Crippen LogP contribution is 2.44. The first-order chi connectivity index (χ1) is 12.8. The monoisotopic (exact) mass is 387 g/mol. The van der Waals surface area contributed by atoms with E-state index >= 15 is 0 Å². The predicted octanol–water partition coefficient (Wildman–Crippen LogP) is 5.03. The highest BCUT2D eigenvalue weighted by Gasteiger charge is 2.47. The molecule has 0 radical (unpaired) electrons. The molecule has 28 heavy (non-hydrogen) atoms. The number of hydrogen-bond acceptors (Lipinski definition) is 4.